The van der Waals surface area contributed by atoms with Crippen molar-refractivity contribution in [3.63, 3.8) is 0 Å². The van der Waals surface area contributed by atoms with E-state index in [9.17, 15) is 0 Å². The van der Waals surface area contributed by atoms with E-state index in [0.29, 0.717) is 5.75 Å². The lowest BCUT2D eigenvalue weighted by Crippen LogP contribution is -2.08. The molecule has 19 heavy (non-hydrogen) atoms. The zero-order valence-electron chi connectivity index (χ0n) is 11.3. The van der Waals surface area contributed by atoms with Crippen LogP contribution < -0.4 is 9.47 Å². The van der Waals surface area contributed by atoms with Crippen LogP contribution in [0.4, 0.5) is 0 Å². The summed E-state index contributed by atoms with van der Waals surface area (Å²) in [6.07, 6.45) is -0.734. The summed E-state index contributed by atoms with van der Waals surface area (Å²) >= 11 is 0. The predicted octanol–water partition coefficient (Wildman–Crippen LogP) is 3.49. The molecule has 0 spiro atoms. The minimum Gasteiger partial charge on any atom is -0.494 e. The fourth-order valence-corrected chi connectivity index (χ4v) is 1.38. The highest BCUT2D eigenvalue weighted by molar-refractivity contribution is 5.21. The van der Waals surface area contributed by atoms with Gasteiger partial charge in [0, 0.05) is 0 Å². The Kier molecular flexibility index (Phi) is 7.13. The first-order chi connectivity index (χ1) is 9.22. The van der Waals surface area contributed by atoms with Gasteiger partial charge in [0.2, 0.25) is 0 Å². The Morgan fingerprint density at radius 1 is 0.895 bits per heavy atom. The number of aliphatic hydroxyl groups is 1. The Balaban J connectivity index is 0.000000191. The standard InChI is InChI=1S/C8H10O2.C8H10O/c1-7(9)10-8-5-3-2-4-6-8;1-2-9-8-6-4-3-5-7-8/h2-7,9H,1H3;3-7H,2H2,1H3. The molecule has 0 saturated heterocycles. The summed E-state index contributed by atoms with van der Waals surface area (Å²) in [7, 11) is 0. The van der Waals surface area contributed by atoms with Gasteiger partial charge in [0.1, 0.15) is 11.5 Å². The van der Waals surface area contributed by atoms with E-state index in [1.807, 2.05) is 55.5 Å². The molecule has 0 aromatic heterocycles. The largest absolute Gasteiger partial charge is 0.494 e. The van der Waals surface area contributed by atoms with Crippen LogP contribution in [-0.2, 0) is 0 Å². The molecule has 0 aliphatic rings. The Bertz CT molecular complexity index is 426. The zero-order valence-corrected chi connectivity index (χ0v) is 11.3. The molecule has 0 aliphatic carbocycles. The molecule has 1 atom stereocenters. The molecule has 0 amide bonds. The molecular weight excluding hydrogens is 240 g/mol. The second-order valence-electron chi connectivity index (χ2n) is 3.78. The summed E-state index contributed by atoms with van der Waals surface area (Å²) in [5.74, 6) is 1.64. The lowest BCUT2D eigenvalue weighted by molar-refractivity contribution is -0.000288. The molecule has 0 heterocycles. The monoisotopic (exact) mass is 260 g/mol. The molecule has 3 nitrogen and oxygen atoms in total. The quantitative estimate of drug-likeness (QED) is 0.855. The van der Waals surface area contributed by atoms with Crippen LogP contribution in [0.25, 0.3) is 0 Å². The molecule has 0 bridgehead atoms. The first kappa shape index (κ1) is 15.1. The number of ether oxygens (including phenoxy) is 2. The van der Waals surface area contributed by atoms with Crippen LogP contribution in [0.1, 0.15) is 13.8 Å². The highest BCUT2D eigenvalue weighted by atomic mass is 16.6. The third-order valence-electron chi connectivity index (χ3n) is 2.10. The normalized spacial score (nSPS) is 10.9. The summed E-state index contributed by atoms with van der Waals surface area (Å²) in [5, 5.41) is 8.78. The van der Waals surface area contributed by atoms with E-state index in [0.717, 1.165) is 12.4 Å². The van der Waals surface area contributed by atoms with Gasteiger partial charge < -0.3 is 14.6 Å². The first-order valence-electron chi connectivity index (χ1n) is 6.30. The van der Waals surface area contributed by atoms with E-state index < -0.39 is 6.29 Å². The average Bonchev–Trinajstić information content (AvgIpc) is 2.41. The highest BCUT2D eigenvalue weighted by Gasteiger charge is 1.94. The maximum atomic E-state index is 8.78. The molecule has 0 aliphatic heterocycles. The molecule has 2 rings (SSSR count). The fourth-order valence-electron chi connectivity index (χ4n) is 1.38. The molecule has 1 N–H and O–H groups in total. The average molecular weight is 260 g/mol. The number of hydrogen-bond donors (Lipinski definition) is 1. The van der Waals surface area contributed by atoms with Crippen LogP contribution in [-0.4, -0.2) is 18.0 Å². The molecule has 102 valence electrons. The van der Waals surface area contributed by atoms with Crippen LogP contribution in [0.3, 0.4) is 0 Å². The second kappa shape index (κ2) is 9.00. The Labute approximate surface area is 114 Å². The number of para-hydroxylation sites is 2. The SMILES string of the molecule is CC(O)Oc1ccccc1.CCOc1ccccc1. The van der Waals surface area contributed by atoms with E-state index in [-0.39, 0.29) is 0 Å². The zero-order chi connectivity index (χ0) is 13.9. The molecular formula is C16H20O3. The fraction of sp³-hybridized carbons (Fsp3) is 0.250. The Hall–Kier alpha value is -2.00. The van der Waals surface area contributed by atoms with E-state index >= 15 is 0 Å². The smallest absolute Gasteiger partial charge is 0.194 e. The highest BCUT2D eigenvalue weighted by Crippen LogP contribution is 2.09. The minimum absolute atomic E-state index is 0.692. The number of benzene rings is 2. The summed E-state index contributed by atoms with van der Waals surface area (Å²) in [6, 6.07) is 19.0. The van der Waals surface area contributed by atoms with Crippen molar-refractivity contribution in [2.24, 2.45) is 0 Å². The number of aliphatic hydroxyl groups excluding tert-OH is 1. The number of hydrogen-bond acceptors (Lipinski definition) is 3. The van der Waals surface area contributed by atoms with Gasteiger partial charge in [-0.2, -0.15) is 0 Å². The van der Waals surface area contributed by atoms with Crippen molar-refractivity contribution in [3.8, 4) is 11.5 Å². The van der Waals surface area contributed by atoms with Crippen LogP contribution in [0, 0.1) is 0 Å². The maximum absolute atomic E-state index is 8.78. The van der Waals surface area contributed by atoms with Crippen LogP contribution in [0.5, 0.6) is 11.5 Å². The van der Waals surface area contributed by atoms with Crippen molar-refractivity contribution in [1.82, 2.24) is 0 Å². The molecule has 0 radical (unpaired) electrons. The lowest BCUT2D eigenvalue weighted by atomic mass is 10.3. The first-order valence-corrected chi connectivity index (χ1v) is 6.30. The van der Waals surface area contributed by atoms with Gasteiger partial charge in [-0.15, -0.1) is 0 Å². The van der Waals surface area contributed by atoms with Crippen LogP contribution >= 0.6 is 0 Å². The predicted molar refractivity (Wildman–Crippen MR) is 76.4 cm³/mol. The summed E-state index contributed by atoms with van der Waals surface area (Å²) in [5.41, 5.74) is 0. The van der Waals surface area contributed by atoms with E-state index in [2.05, 4.69) is 0 Å². The summed E-state index contributed by atoms with van der Waals surface area (Å²) < 4.78 is 10.2. The van der Waals surface area contributed by atoms with Gasteiger partial charge in [0.05, 0.1) is 6.61 Å². The summed E-state index contributed by atoms with van der Waals surface area (Å²) in [6.45, 7) is 4.30. The number of rotatable bonds is 4. The molecule has 0 fully saturated rings. The Morgan fingerprint density at radius 2 is 1.37 bits per heavy atom. The van der Waals surface area contributed by atoms with Crippen molar-refractivity contribution in [3.05, 3.63) is 60.7 Å². The van der Waals surface area contributed by atoms with Gasteiger partial charge in [-0.1, -0.05) is 36.4 Å². The van der Waals surface area contributed by atoms with Gasteiger partial charge >= 0.3 is 0 Å². The van der Waals surface area contributed by atoms with Crippen molar-refractivity contribution >= 4 is 0 Å². The van der Waals surface area contributed by atoms with Crippen LogP contribution in [0.2, 0.25) is 0 Å². The topological polar surface area (TPSA) is 38.7 Å². The van der Waals surface area contributed by atoms with Crippen molar-refractivity contribution in [1.29, 1.82) is 0 Å². The molecule has 3 heteroatoms. The van der Waals surface area contributed by atoms with Crippen molar-refractivity contribution < 1.29 is 14.6 Å². The Morgan fingerprint density at radius 3 is 1.79 bits per heavy atom. The maximum Gasteiger partial charge on any atom is 0.194 e. The van der Waals surface area contributed by atoms with E-state index in [4.69, 9.17) is 14.6 Å². The molecule has 0 saturated carbocycles. The van der Waals surface area contributed by atoms with Crippen molar-refractivity contribution in [2.45, 2.75) is 20.1 Å². The molecule has 2 aromatic rings. The summed E-state index contributed by atoms with van der Waals surface area (Å²) in [4.78, 5) is 0. The molecule has 2 aromatic carbocycles. The van der Waals surface area contributed by atoms with Gasteiger partial charge in [-0.3, -0.25) is 0 Å². The van der Waals surface area contributed by atoms with Gasteiger partial charge in [0.15, 0.2) is 6.29 Å². The van der Waals surface area contributed by atoms with E-state index in [1.165, 1.54) is 0 Å². The third kappa shape index (κ3) is 7.11. The lowest BCUT2D eigenvalue weighted by Gasteiger charge is -2.06. The molecule has 1 unspecified atom stereocenters. The second-order valence-corrected chi connectivity index (χ2v) is 3.78. The van der Waals surface area contributed by atoms with Crippen LogP contribution in [0.15, 0.2) is 60.7 Å². The third-order valence-corrected chi connectivity index (χ3v) is 2.10. The van der Waals surface area contributed by atoms with Gasteiger partial charge in [-0.05, 0) is 38.1 Å². The van der Waals surface area contributed by atoms with E-state index in [1.54, 1.807) is 19.1 Å². The van der Waals surface area contributed by atoms with Gasteiger partial charge in [0.25, 0.3) is 0 Å². The minimum atomic E-state index is -0.734. The van der Waals surface area contributed by atoms with Crippen molar-refractivity contribution in [2.75, 3.05) is 6.61 Å². The van der Waals surface area contributed by atoms with Gasteiger partial charge in [-0.25, -0.2) is 0 Å².